The zero-order chi connectivity index (χ0) is 18.7. The summed E-state index contributed by atoms with van der Waals surface area (Å²) in [5.74, 6) is 3.13. The third kappa shape index (κ3) is 3.87. The molecule has 0 saturated carbocycles. The summed E-state index contributed by atoms with van der Waals surface area (Å²) in [6.45, 7) is 7.34. The van der Waals surface area contributed by atoms with Gasteiger partial charge < -0.3 is 19.6 Å². The molecule has 0 fully saturated rings. The van der Waals surface area contributed by atoms with Crippen molar-refractivity contribution in [2.75, 3.05) is 7.05 Å². The Balaban J connectivity index is 1.59. The minimum Gasteiger partial charge on any atom is -0.443 e. The predicted octanol–water partition coefficient (Wildman–Crippen LogP) is 2.72. The third-order valence-corrected chi connectivity index (χ3v) is 4.22. The number of rotatable bonds is 4. The monoisotopic (exact) mass is 354 g/mol. The second kappa shape index (κ2) is 7.19. The van der Waals surface area contributed by atoms with Gasteiger partial charge in [-0.25, -0.2) is 9.97 Å². The number of hydrogen-bond donors (Lipinski definition) is 2. The maximum absolute atomic E-state index is 5.79. The number of fused-ring (bicyclic) bond motifs is 1. The van der Waals surface area contributed by atoms with E-state index in [0.29, 0.717) is 24.9 Å². The molecule has 0 spiro atoms. The smallest absolute Gasteiger partial charge is 0.213 e. The van der Waals surface area contributed by atoms with E-state index in [-0.39, 0.29) is 5.41 Å². The number of nitrogens with one attached hydrogen (secondary N) is 2. The van der Waals surface area contributed by atoms with Gasteiger partial charge in [0.25, 0.3) is 0 Å². The summed E-state index contributed by atoms with van der Waals surface area (Å²) >= 11 is 0. The Morgan fingerprint density at radius 1 is 1.19 bits per heavy atom. The summed E-state index contributed by atoms with van der Waals surface area (Å²) in [5.41, 5.74) is 2.05. The van der Waals surface area contributed by atoms with E-state index in [9.17, 15) is 0 Å². The van der Waals surface area contributed by atoms with Gasteiger partial charge in [-0.3, -0.25) is 4.99 Å². The van der Waals surface area contributed by atoms with Crippen LogP contribution in [0.3, 0.4) is 0 Å². The fourth-order valence-corrected chi connectivity index (χ4v) is 2.63. The van der Waals surface area contributed by atoms with Gasteiger partial charge in [0.05, 0.1) is 30.3 Å². The molecule has 0 aliphatic heterocycles. The third-order valence-electron chi connectivity index (χ3n) is 4.22. The van der Waals surface area contributed by atoms with Gasteiger partial charge in [0.2, 0.25) is 5.89 Å². The van der Waals surface area contributed by atoms with Crippen molar-refractivity contribution in [2.24, 2.45) is 12.0 Å². The molecule has 0 aliphatic rings. The Hall–Kier alpha value is -2.83. The minimum atomic E-state index is -0.0502. The largest absolute Gasteiger partial charge is 0.443 e. The van der Waals surface area contributed by atoms with Crippen LogP contribution in [0.4, 0.5) is 0 Å². The number of oxazole rings is 1. The summed E-state index contributed by atoms with van der Waals surface area (Å²) in [6.07, 6.45) is 1.78. The van der Waals surface area contributed by atoms with E-state index >= 15 is 0 Å². The normalized spacial score (nSPS) is 12.6. The van der Waals surface area contributed by atoms with E-state index < -0.39 is 0 Å². The summed E-state index contributed by atoms with van der Waals surface area (Å²) in [5, 5.41) is 6.50. The second-order valence-corrected chi connectivity index (χ2v) is 7.22. The quantitative estimate of drug-likeness (QED) is 0.556. The highest BCUT2D eigenvalue weighted by Gasteiger charge is 2.19. The Morgan fingerprint density at radius 2 is 1.92 bits per heavy atom. The number of aliphatic imine (C=N–C) groups is 1. The molecular weight excluding hydrogens is 328 g/mol. The van der Waals surface area contributed by atoms with Crippen LogP contribution in [-0.2, 0) is 25.6 Å². The van der Waals surface area contributed by atoms with Crippen LogP contribution >= 0.6 is 0 Å². The number of benzene rings is 1. The van der Waals surface area contributed by atoms with Crippen LogP contribution in [0, 0.1) is 0 Å². The number of hydrogen-bond acceptors (Lipinski definition) is 4. The van der Waals surface area contributed by atoms with Gasteiger partial charge in [0, 0.05) is 19.5 Å². The molecule has 0 radical (unpaired) electrons. The van der Waals surface area contributed by atoms with Crippen LogP contribution < -0.4 is 10.6 Å². The van der Waals surface area contributed by atoms with Crippen molar-refractivity contribution in [3.8, 4) is 0 Å². The number of nitrogens with zero attached hydrogens (tertiary/aromatic N) is 4. The summed E-state index contributed by atoms with van der Waals surface area (Å²) in [6, 6.07) is 8.09. The van der Waals surface area contributed by atoms with E-state index in [4.69, 9.17) is 4.42 Å². The van der Waals surface area contributed by atoms with Crippen molar-refractivity contribution < 1.29 is 4.42 Å². The molecule has 0 aliphatic carbocycles. The Morgan fingerprint density at radius 3 is 2.58 bits per heavy atom. The molecule has 2 aromatic heterocycles. The maximum atomic E-state index is 5.79. The van der Waals surface area contributed by atoms with Crippen LogP contribution in [0.5, 0.6) is 0 Å². The summed E-state index contributed by atoms with van der Waals surface area (Å²) in [4.78, 5) is 13.2. The molecular formula is C19H26N6O. The minimum absolute atomic E-state index is 0.0502. The highest BCUT2D eigenvalue weighted by atomic mass is 16.4. The van der Waals surface area contributed by atoms with Crippen LogP contribution in [0.2, 0.25) is 0 Å². The zero-order valence-electron chi connectivity index (χ0n) is 16.0. The average molecular weight is 354 g/mol. The standard InChI is InChI=1S/C19H26N6O/c1-19(2,3)15-10-21-17(26-15)12-23-18(20-4)22-11-16-24-13-8-6-7-9-14(13)25(16)5/h6-10H,11-12H2,1-5H3,(H2,20,22,23). The van der Waals surface area contributed by atoms with E-state index in [1.165, 1.54) is 0 Å². The van der Waals surface area contributed by atoms with Crippen molar-refractivity contribution in [3.63, 3.8) is 0 Å². The lowest BCUT2D eigenvalue weighted by molar-refractivity contribution is 0.379. The first kappa shape index (κ1) is 18.0. The molecule has 7 heteroatoms. The van der Waals surface area contributed by atoms with Crippen LogP contribution in [0.25, 0.3) is 11.0 Å². The van der Waals surface area contributed by atoms with Crippen molar-refractivity contribution >= 4 is 17.0 Å². The van der Waals surface area contributed by atoms with Crippen molar-refractivity contribution in [1.82, 2.24) is 25.2 Å². The molecule has 3 aromatic rings. The van der Waals surface area contributed by atoms with E-state index in [1.807, 2.05) is 25.2 Å². The molecule has 0 saturated heterocycles. The van der Waals surface area contributed by atoms with E-state index in [2.05, 4.69) is 57.0 Å². The lowest BCUT2D eigenvalue weighted by atomic mass is 9.94. The molecule has 2 N–H and O–H groups in total. The van der Waals surface area contributed by atoms with Gasteiger partial charge in [-0.05, 0) is 12.1 Å². The number of para-hydroxylation sites is 2. The first-order valence-electron chi connectivity index (χ1n) is 8.68. The van der Waals surface area contributed by atoms with Crippen LogP contribution in [0.15, 0.2) is 39.9 Å². The Bertz CT molecular complexity index is 916. The van der Waals surface area contributed by atoms with Gasteiger partial charge in [-0.2, -0.15) is 0 Å². The van der Waals surface area contributed by atoms with Gasteiger partial charge in [0.1, 0.15) is 11.6 Å². The first-order valence-corrected chi connectivity index (χ1v) is 8.68. The number of aromatic nitrogens is 3. The van der Waals surface area contributed by atoms with Crippen molar-refractivity contribution in [1.29, 1.82) is 0 Å². The first-order chi connectivity index (χ1) is 12.4. The number of imidazole rings is 1. The summed E-state index contributed by atoms with van der Waals surface area (Å²) < 4.78 is 7.87. The second-order valence-electron chi connectivity index (χ2n) is 7.22. The molecule has 7 nitrogen and oxygen atoms in total. The maximum Gasteiger partial charge on any atom is 0.213 e. The van der Waals surface area contributed by atoms with Gasteiger partial charge >= 0.3 is 0 Å². The Labute approximate surface area is 153 Å². The molecule has 26 heavy (non-hydrogen) atoms. The fourth-order valence-electron chi connectivity index (χ4n) is 2.63. The molecule has 1 aromatic carbocycles. The fraction of sp³-hybridized carbons (Fsp3) is 0.421. The average Bonchev–Trinajstić information content (AvgIpc) is 3.21. The highest BCUT2D eigenvalue weighted by Crippen LogP contribution is 2.22. The molecule has 0 bridgehead atoms. The molecule has 0 atom stereocenters. The topological polar surface area (TPSA) is 80.3 Å². The van der Waals surface area contributed by atoms with Gasteiger partial charge in [-0.1, -0.05) is 32.9 Å². The van der Waals surface area contributed by atoms with Crippen molar-refractivity contribution in [3.05, 3.63) is 47.9 Å². The van der Waals surface area contributed by atoms with Crippen LogP contribution in [0.1, 0.15) is 38.2 Å². The van der Waals surface area contributed by atoms with E-state index in [0.717, 1.165) is 22.6 Å². The molecule has 0 unspecified atom stereocenters. The highest BCUT2D eigenvalue weighted by molar-refractivity contribution is 5.80. The van der Waals surface area contributed by atoms with Crippen LogP contribution in [-0.4, -0.2) is 27.5 Å². The molecule has 138 valence electrons. The summed E-state index contributed by atoms with van der Waals surface area (Å²) in [7, 11) is 3.75. The SMILES string of the molecule is CN=C(NCc1ncc(C(C)(C)C)o1)NCc1nc2ccccc2n1C. The lowest BCUT2D eigenvalue weighted by Crippen LogP contribution is -2.37. The number of guanidine groups is 1. The molecule has 0 amide bonds. The Kier molecular flexibility index (Phi) is 4.97. The van der Waals surface area contributed by atoms with E-state index in [1.54, 1.807) is 13.2 Å². The zero-order valence-corrected chi connectivity index (χ0v) is 16.0. The van der Waals surface area contributed by atoms with Gasteiger partial charge in [0.15, 0.2) is 5.96 Å². The molecule has 2 heterocycles. The number of aryl methyl sites for hydroxylation is 1. The van der Waals surface area contributed by atoms with Crippen molar-refractivity contribution in [2.45, 2.75) is 39.3 Å². The predicted molar refractivity (Wildman–Crippen MR) is 103 cm³/mol. The lowest BCUT2D eigenvalue weighted by Gasteiger charge is -2.13. The molecule has 3 rings (SSSR count). The van der Waals surface area contributed by atoms with Gasteiger partial charge in [-0.15, -0.1) is 0 Å².